The number of fused-ring (bicyclic) bond motifs is 3. The summed E-state index contributed by atoms with van der Waals surface area (Å²) in [5.41, 5.74) is 1.17. The summed E-state index contributed by atoms with van der Waals surface area (Å²) in [5, 5.41) is 0. The molecule has 2 heterocycles. The lowest BCUT2D eigenvalue weighted by Crippen LogP contribution is -2.05. The van der Waals surface area contributed by atoms with Crippen molar-refractivity contribution in [2.24, 2.45) is 0 Å². The molecule has 0 bridgehead atoms. The molecule has 6 heteroatoms. The van der Waals surface area contributed by atoms with Crippen LogP contribution in [0, 0.1) is 0 Å². The number of benzene rings is 1. The topological polar surface area (TPSA) is 61.2 Å². The van der Waals surface area contributed by atoms with Crippen LogP contribution in [0.4, 0.5) is 0 Å². The smallest absolute Gasteiger partial charge is 0.189 e. The third-order valence-electron chi connectivity index (χ3n) is 3.11. The van der Waals surface area contributed by atoms with Gasteiger partial charge in [-0.05, 0) is 18.2 Å². The summed E-state index contributed by atoms with van der Waals surface area (Å²) in [4.78, 5) is 26.6. The van der Waals surface area contributed by atoms with E-state index in [4.69, 9.17) is 4.74 Å². The lowest BCUT2D eigenvalue weighted by molar-refractivity contribution is -0.107. The molecule has 0 atom stereocenters. The molecule has 3 rings (SSSR count). The Kier molecular flexibility index (Phi) is 3.40. The summed E-state index contributed by atoms with van der Waals surface area (Å²) in [6.45, 7) is 1.12. The number of ketones is 1. The molecule has 1 aromatic heterocycles. The van der Waals surface area contributed by atoms with Gasteiger partial charge in [-0.15, -0.1) is 0 Å². The van der Waals surface area contributed by atoms with Crippen molar-refractivity contribution in [2.45, 2.75) is 13.0 Å². The van der Waals surface area contributed by atoms with E-state index in [1.807, 2.05) is 22.8 Å². The molecule has 0 unspecified atom stereocenters. The van der Waals surface area contributed by atoms with Gasteiger partial charge in [-0.3, -0.25) is 4.79 Å². The van der Waals surface area contributed by atoms with Crippen molar-refractivity contribution in [3.63, 3.8) is 0 Å². The van der Waals surface area contributed by atoms with E-state index in [0.29, 0.717) is 31.0 Å². The van der Waals surface area contributed by atoms with Gasteiger partial charge in [-0.25, -0.2) is 4.98 Å². The molecule has 0 spiro atoms. The van der Waals surface area contributed by atoms with Crippen LogP contribution >= 0.6 is 15.9 Å². The minimum Gasteiger partial charge on any atom is -0.491 e. The Morgan fingerprint density at radius 1 is 1.50 bits per heavy atom. The number of halogens is 1. The monoisotopic (exact) mass is 334 g/mol. The van der Waals surface area contributed by atoms with Crippen LogP contribution in [-0.2, 0) is 11.3 Å². The molecule has 0 saturated heterocycles. The standard InChI is InChI=1S/C14H11BrN2O3/c15-9-1-2-10-13(7-9)20-6-4-17-8-11(16-14(10)17)12(19)3-5-18/h1-2,5,7-8H,3-4,6H2. The fourth-order valence-electron chi connectivity index (χ4n) is 2.17. The zero-order valence-corrected chi connectivity index (χ0v) is 12.1. The molecule has 5 nitrogen and oxygen atoms in total. The molecule has 1 aromatic carbocycles. The number of rotatable bonds is 3. The molecule has 1 aliphatic rings. The minimum atomic E-state index is -0.264. The molecule has 102 valence electrons. The number of Topliss-reactive ketones (excluding diaryl/α,β-unsaturated/α-hetero) is 1. The van der Waals surface area contributed by atoms with E-state index in [1.54, 1.807) is 6.20 Å². The van der Waals surface area contributed by atoms with Crippen molar-refractivity contribution < 1.29 is 14.3 Å². The average Bonchev–Trinajstić information content (AvgIpc) is 2.77. The van der Waals surface area contributed by atoms with Crippen molar-refractivity contribution >= 4 is 28.0 Å². The van der Waals surface area contributed by atoms with Crippen LogP contribution in [0.5, 0.6) is 5.75 Å². The maximum atomic E-state index is 11.8. The third-order valence-corrected chi connectivity index (χ3v) is 3.60. The molecule has 20 heavy (non-hydrogen) atoms. The number of imidazole rings is 1. The first-order valence-electron chi connectivity index (χ1n) is 6.16. The van der Waals surface area contributed by atoms with Crippen LogP contribution in [0.15, 0.2) is 28.9 Å². The Balaban J connectivity index is 2.09. The Labute approximate surface area is 123 Å². The van der Waals surface area contributed by atoms with Crippen molar-refractivity contribution in [2.75, 3.05) is 6.61 Å². The molecule has 0 N–H and O–H groups in total. The van der Waals surface area contributed by atoms with Gasteiger partial charge in [0.05, 0.1) is 18.5 Å². The molecular formula is C14H11BrN2O3. The molecule has 0 fully saturated rings. The van der Waals surface area contributed by atoms with Gasteiger partial charge < -0.3 is 14.1 Å². The highest BCUT2D eigenvalue weighted by atomic mass is 79.9. The summed E-state index contributed by atoms with van der Waals surface area (Å²) < 4.78 is 8.50. The van der Waals surface area contributed by atoms with Gasteiger partial charge in [0.25, 0.3) is 0 Å². The fraction of sp³-hybridized carbons (Fsp3) is 0.214. The van der Waals surface area contributed by atoms with Crippen LogP contribution in [0.2, 0.25) is 0 Å². The maximum absolute atomic E-state index is 11.8. The average molecular weight is 335 g/mol. The first-order valence-corrected chi connectivity index (χ1v) is 6.95. The van der Waals surface area contributed by atoms with E-state index >= 15 is 0 Å². The molecule has 2 aromatic rings. The highest BCUT2D eigenvalue weighted by Gasteiger charge is 2.20. The third kappa shape index (κ3) is 2.27. The number of carbonyl (C=O) groups is 2. The van der Waals surface area contributed by atoms with E-state index in [-0.39, 0.29) is 12.2 Å². The zero-order valence-electron chi connectivity index (χ0n) is 10.5. The van der Waals surface area contributed by atoms with Gasteiger partial charge in [0.1, 0.15) is 30.2 Å². The Morgan fingerprint density at radius 2 is 2.35 bits per heavy atom. The van der Waals surface area contributed by atoms with Crippen LogP contribution in [0.25, 0.3) is 11.4 Å². The van der Waals surface area contributed by atoms with Crippen molar-refractivity contribution in [3.05, 3.63) is 34.6 Å². The van der Waals surface area contributed by atoms with Gasteiger partial charge in [0.15, 0.2) is 5.78 Å². The quantitative estimate of drug-likeness (QED) is 0.491. The van der Waals surface area contributed by atoms with E-state index in [0.717, 1.165) is 15.8 Å². The number of hydrogen-bond donors (Lipinski definition) is 0. The summed E-state index contributed by atoms with van der Waals surface area (Å²) in [5.74, 6) is 1.16. The second kappa shape index (κ2) is 5.20. The van der Waals surface area contributed by atoms with Crippen molar-refractivity contribution in [1.82, 2.24) is 9.55 Å². The minimum absolute atomic E-state index is 0.139. The number of carbonyl (C=O) groups excluding carboxylic acids is 2. The lowest BCUT2D eigenvalue weighted by Gasteiger charge is -2.06. The Bertz CT molecular complexity index is 694. The normalized spacial score (nSPS) is 12.8. The van der Waals surface area contributed by atoms with Gasteiger partial charge >= 0.3 is 0 Å². The summed E-state index contributed by atoms with van der Waals surface area (Å²) in [7, 11) is 0. The number of hydrogen-bond acceptors (Lipinski definition) is 4. The van der Waals surface area contributed by atoms with Crippen molar-refractivity contribution in [3.8, 4) is 17.1 Å². The molecule has 0 amide bonds. The summed E-state index contributed by atoms with van der Waals surface area (Å²) in [6.07, 6.45) is 2.14. The van der Waals surface area contributed by atoms with E-state index < -0.39 is 0 Å². The predicted octanol–water partition coefficient (Wildman–Crippen LogP) is 2.48. The van der Waals surface area contributed by atoms with Gasteiger partial charge in [-0.1, -0.05) is 15.9 Å². The van der Waals surface area contributed by atoms with Gasteiger partial charge in [0.2, 0.25) is 0 Å². The predicted molar refractivity (Wildman–Crippen MR) is 75.9 cm³/mol. The van der Waals surface area contributed by atoms with Crippen LogP contribution in [0.3, 0.4) is 0 Å². The number of ether oxygens (including phenoxy) is 1. The number of aldehydes is 1. The highest BCUT2D eigenvalue weighted by molar-refractivity contribution is 9.10. The zero-order chi connectivity index (χ0) is 14.1. The summed E-state index contributed by atoms with van der Waals surface area (Å²) >= 11 is 3.40. The first-order chi connectivity index (χ1) is 9.69. The number of aromatic nitrogens is 2. The van der Waals surface area contributed by atoms with E-state index in [1.165, 1.54) is 0 Å². The van der Waals surface area contributed by atoms with Gasteiger partial charge in [-0.2, -0.15) is 0 Å². The van der Waals surface area contributed by atoms with E-state index in [9.17, 15) is 9.59 Å². The molecule has 0 aliphatic carbocycles. The van der Waals surface area contributed by atoms with Crippen LogP contribution < -0.4 is 4.74 Å². The SMILES string of the molecule is O=CCC(=O)c1cn2c(n1)-c1ccc(Br)cc1OCC2. The molecule has 1 aliphatic heterocycles. The lowest BCUT2D eigenvalue weighted by atomic mass is 10.2. The second-order valence-corrected chi connectivity index (χ2v) is 5.34. The maximum Gasteiger partial charge on any atom is 0.189 e. The van der Waals surface area contributed by atoms with E-state index in [2.05, 4.69) is 20.9 Å². The second-order valence-electron chi connectivity index (χ2n) is 4.43. The Morgan fingerprint density at radius 3 is 3.15 bits per heavy atom. The summed E-state index contributed by atoms with van der Waals surface area (Å²) in [6, 6.07) is 5.68. The molecule has 0 radical (unpaired) electrons. The molecular weight excluding hydrogens is 324 g/mol. The first kappa shape index (κ1) is 13.1. The fourth-order valence-corrected chi connectivity index (χ4v) is 2.51. The van der Waals surface area contributed by atoms with Crippen LogP contribution in [-0.4, -0.2) is 28.2 Å². The van der Waals surface area contributed by atoms with Gasteiger partial charge in [0, 0.05) is 10.7 Å². The Hall–Kier alpha value is -1.95. The molecule has 0 saturated carbocycles. The highest BCUT2D eigenvalue weighted by Crippen LogP contribution is 2.34. The van der Waals surface area contributed by atoms with Crippen LogP contribution in [0.1, 0.15) is 16.9 Å². The van der Waals surface area contributed by atoms with Crippen molar-refractivity contribution in [1.29, 1.82) is 0 Å². The number of nitrogens with zero attached hydrogens (tertiary/aromatic N) is 2. The largest absolute Gasteiger partial charge is 0.491 e.